The number of hydrogen-bond donors (Lipinski definition) is 0. The number of rotatable bonds is 2. The average molecular weight is 352 g/mol. The van der Waals surface area contributed by atoms with Crippen molar-refractivity contribution in [3.05, 3.63) is 89.5 Å². The Morgan fingerprint density at radius 1 is 0.680 bits per heavy atom. The van der Waals surface area contributed by atoms with Gasteiger partial charge in [-0.25, -0.2) is 13.8 Å². The van der Waals surface area contributed by atoms with E-state index in [1.54, 1.807) is 60.7 Å². The van der Waals surface area contributed by atoms with E-state index in [9.17, 15) is 8.78 Å². The predicted octanol–water partition coefficient (Wildman–Crippen LogP) is 6.50. The molecule has 0 aliphatic rings. The predicted molar refractivity (Wildman–Crippen MR) is 97.5 cm³/mol. The second-order valence-corrected chi connectivity index (χ2v) is 6.11. The van der Waals surface area contributed by atoms with E-state index in [0.29, 0.717) is 32.9 Å². The molecule has 0 amide bonds. The maximum Gasteiger partial charge on any atom is 0.132 e. The molecule has 0 spiro atoms. The number of benzene rings is 3. The second kappa shape index (κ2) is 6.26. The van der Waals surface area contributed by atoms with E-state index in [4.69, 9.17) is 11.6 Å². The van der Waals surface area contributed by atoms with E-state index in [1.165, 1.54) is 12.1 Å². The van der Waals surface area contributed by atoms with Crippen LogP contribution in [-0.4, -0.2) is 4.98 Å². The van der Waals surface area contributed by atoms with Crippen LogP contribution in [0.2, 0.25) is 5.02 Å². The molecule has 0 N–H and O–H groups in total. The number of pyridine rings is 1. The Morgan fingerprint density at radius 2 is 1.32 bits per heavy atom. The van der Waals surface area contributed by atoms with Gasteiger partial charge in [0.1, 0.15) is 11.6 Å². The van der Waals surface area contributed by atoms with Crippen molar-refractivity contribution < 1.29 is 8.78 Å². The summed E-state index contributed by atoms with van der Waals surface area (Å²) in [6, 6.07) is 19.8. The fraction of sp³-hybridized carbons (Fsp3) is 0. The van der Waals surface area contributed by atoms with Crippen LogP contribution in [0.5, 0.6) is 0 Å². The molecule has 25 heavy (non-hydrogen) atoms. The van der Waals surface area contributed by atoms with Crippen LogP contribution < -0.4 is 0 Å². The number of halogens is 3. The summed E-state index contributed by atoms with van der Waals surface area (Å²) in [7, 11) is 0. The molecule has 0 saturated heterocycles. The zero-order valence-electron chi connectivity index (χ0n) is 13.0. The van der Waals surface area contributed by atoms with Gasteiger partial charge >= 0.3 is 0 Å². The first kappa shape index (κ1) is 15.7. The van der Waals surface area contributed by atoms with Gasteiger partial charge in [-0.15, -0.1) is 0 Å². The minimum Gasteiger partial charge on any atom is -0.248 e. The molecule has 0 aliphatic heterocycles. The topological polar surface area (TPSA) is 12.9 Å². The van der Waals surface area contributed by atoms with Crippen molar-refractivity contribution in [1.29, 1.82) is 0 Å². The van der Waals surface area contributed by atoms with Crippen LogP contribution in [0, 0.1) is 11.6 Å². The molecule has 4 aromatic rings. The minimum absolute atomic E-state index is 0.352. The van der Waals surface area contributed by atoms with Crippen LogP contribution in [0.4, 0.5) is 8.78 Å². The third-order valence-electron chi connectivity index (χ3n) is 4.08. The third kappa shape index (κ3) is 2.87. The summed E-state index contributed by atoms with van der Waals surface area (Å²) in [6.45, 7) is 0. The SMILES string of the molecule is Fc1ccccc1-c1cc(-c2ccccc2F)c2cc(Cl)ccc2n1. The Bertz CT molecular complexity index is 1090. The van der Waals surface area contributed by atoms with E-state index in [1.807, 2.05) is 0 Å². The fourth-order valence-electron chi connectivity index (χ4n) is 2.91. The van der Waals surface area contributed by atoms with Gasteiger partial charge in [-0.05, 0) is 48.0 Å². The fourth-order valence-corrected chi connectivity index (χ4v) is 3.08. The Kier molecular flexibility index (Phi) is 3.94. The van der Waals surface area contributed by atoms with Gasteiger partial charge in [0.15, 0.2) is 0 Å². The third-order valence-corrected chi connectivity index (χ3v) is 4.32. The summed E-state index contributed by atoms with van der Waals surface area (Å²) < 4.78 is 28.6. The number of hydrogen-bond acceptors (Lipinski definition) is 1. The Morgan fingerprint density at radius 3 is 2.00 bits per heavy atom. The molecule has 3 aromatic carbocycles. The molecular weight excluding hydrogens is 340 g/mol. The maximum atomic E-state index is 14.4. The van der Waals surface area contributed by atoms with Crippen LogP contribution in [-0.2, 0) is 0 Å². The molecule has 0 radical (unpaired) electrons. The van der Waals surface area contributed by atoms with Crippen molar-refractivity contribution >= 4 is 22.5 Å². The standard InChI is InChI=1S/C21H12ClF2N/c22-13-9-10-20-17(11-13)16(14-5-1-3-7-18(14)23)12-21(25-20)15-6-2-4-8-19(15)24/h1-12H. The summed E-state index contributed by atoms with van der Waals surface area (Å²) in [5.74, 6) is -0.725. The summed E-state index contributed by atoms with van der Waals surface area (Å²) in [5.41, 5.74) is 2.50. The second-order valence-electron chi connectivity index (χ2n) is 5.68. The van der Waals surface area contributed by atoms with Gasteiger partial charge in [0.05, 0.1) is 11.2 Å². The Hall–Kier alpha value is -2.78. The van der Waals surface area contributed by atoms with Gasteiger partial charge < -0.3 is 0 Å². The number of nitrogens with zero attached hydrogens (tertiary/aromatic N) is 1. The minimum atomic E-state index is -0.372. The largest absolute Gasteiger partial charge is 0.248 e. The highest BCUT2D eigenvalue weighted by Crippen LogP contribution is 2.35. The Labute approximate surface area is 148 Å². The highest BCUT2D eigenvalue weighted by molar-refractivity contribution is 6.31. The van der Waals surface area contributed by atoms with E-state index < -0.39 is 0 Å². The van der Waals surface area contributed by atoms with E-state index in [0.717, 1.165) is 5.39 Å². The van der Waals surface area contributed by atoms with E-state index >= 15 is 0 Å². The molecule has 0 bridgehead atoms. The van der Waals surface area contributed by atoms with Crippen molar-refractivity contribution in [2.45, 2.75) is 0 Å². The van der Waals surface area contributed by atoms with Crippen molar-refractivity contribution in [2.75, 3.05) is 0 Å². The zero-order chi connectivity index (χ0) is 17.4. The quantitative estimate of drug-likeness (QED) is 0.401. The van der Waals surface area contributed by atoms with Crippen LogP contribution in [0.25, 0.3) is 33.3 Å². The molecule has 0 atom stereocenters. The smallest absolute Gasteiger partial charge is 0.132 e. The highest BCUT2D eigenvalue weighted by Gasteiger charge is 2.14. The Balaban J connectivity index is 2.08. The lowest BCUT2D eigenvalue weighted by Crippen LogP contribution is -1.93. The van der Waals surface area contributed by atoms with Gasteiger partial charge in [0.25, 0.3) is 0 Å². The van der Waals surface area contributed by atoms with Gasteiger partial charge in [0.2, 0.25) is 0 Å². The summed E-state index contributed by atoms with van der Waals surface area (Å²) in [6.07, 6.45) is 0. The zero-order valence-corrected chi connectivity index (χ0v) is 13.8. The monoisotopic (exact) mass is 351 g/mol. The van der Waals surface area contributed by atoms with Crippen molar-refractivity contribution in [2.24, 2.45) is 0 Å². The van der Waals surface area contributed by atoms with Gasteiger partial charge in [-0.1, -0.05) is 41.9 Å². The first-order chi connectivity index (χ1) is 12.1. The molecule has 0 saturated carbocycles. The molecule has 4 rings (SSSR count). The summed E-state index contributed by atoms with van der Waals surface area (Å²) in [4.78, 5) is 4.54. The lowest BCUT2D eigenvalue weighted by Gasteiger charge is -2.12. The molecule has 122 valence electrons. The van der Waals surface area contributed by atoms with Crippen molar-refractivity contribution in [3.63, 3.8) is 0 Å². The van der Waals surface area contributed by atoms with Gasteiger partial charge in [-0.3, -0.25) is 0 Å². The number of aromatic nitrogens is 1. The maximum absolute atomic E-state index is 14.4. The first-order valence-electron chi connectivity index (χ1n) is 7.73. The highest BCUT2D eigenvalue weighted by atomic mass is 35.5. The van der Waals surface area contributed by atoms with Gasteiger partial charge in [0, 0.05) is 21.5 Å². The average Bonchev–Trinajstić information content (AvgIpc) is 2.62. The molecule has 0 unspecified atom stereocenters. The van der Waals surface area contributed by atoms with Crippen LogP contribution in [0.3, 0.4) is 0 Å². The molecule has 1 nitrogen and oxygen atoms in total. The van der Waals surface area contributed by atoms with Crippen LogP contribution >= 0.6 is 11.6 Å². The van der Waals surface area contributed by atoms with Crippen molar-refractivity contribution in [1.82, 2.24) is 4.98 Å². The molecular formula is C21H12ClF2N. The first-order valence-corrected chi connectivity index (χ1v) is 8.11. The molecule has 0 aliphatic carbocycles. The molecule has 1 aromatic heterocycles. The van der Waals surface area contributed by atoms with Crippen molar-refractivity contribution in [3.8, 4) is 22.4 Å². The number of fused-ring (bicyclic) bond motifs is 1. The van der Waals surface area contributed by atoms with Crippen LogP contribution in [0.15, 0.2) is 72.8 Å². The summed E-state index contributed by atoms with van der Waals surface area (Å²) >= 11 is 6.12. The van der Waals surface area contributed by atoms with E-state index in [-0.39, 0.29) is 11.6 Å². The molecule has 1 heterocycles. The molecule has 4 heteroatoms. The van der Waals surface area contributed by atoms with E-state index in [2.05, 4.69) is 4.98 Å². The molecule has 0 fully saturated rings. The summed E-state index contributed by atoms with van der Waals surface area (Å²) in [5, 5.41) is 1.25. The van der Waals surface area contributed by atoms with Gasteiger partial charge in [-0.2, -0.15) is 0 Å². The normalized spacial score (nSPS) is 11.0. The lowest BCUT2D eigenvalue weighted by atomic mass is 9.98. The van der Waals surface area contributed by atoms with Crippen LogP contribution in [0.1, 0.15) is 0 Å². The lowest BCUT2D eigenvalue weighted by molar-refractivity contribution is 0.631.